The predicted octanol–water partition coefficient (Wildman–Crippen LogP) is 3.32. The van der Waals surface area contributed by atoms with E-state index in [1.807, 2.05) is 0 Å². The summed E-state index contributed by atoms with van der Waals surface area (Å²) in [6.07, 6.45) is 0.650. The second-order valence-electron chi connectivity index (χ2n) is 5.12. The summed E-state index contributed by atoms with van der Waals surface area (Å²) in [5.74, 6) is 0.194. The van der Waals surface area contributed by atoms with Gasteiger partial charge in [-0.1, -0.05) is 28.9 Å². The van der Waals surface area contributed by atoms with Gasteiger partial charge in [0.2, 0.25) is 5.82 Å². The minimum Gasteiger partial charge on any atom is -0.481 e. The molecule has 0 amide bonds. The lowest BCUT2D eigenvalue weighted by atomic mass is 10.2. The molecule has 1 aromatic heterocycles. The molecule has 3 rings (SSSR count). The van der Waals surface area contributed by atoms with Crippen LogP contribution < -0.4 is 4.74 Å². The van der Waals surface area contributed by atoms with Crippen molar-refractivity contribution >= 4 is 23.9 Å². The number of aldehydes is 1. The maximum absolute atomic E-state index is 11.8. The number of esters is 1. The van der Waals surface area contributed by atoms with E-state index in [9.17, 15) is 9.59 Å². The summed E-state index contributed by atoms with van der Waals surface area (Å²) < 4.78 is 15.3. The molecule has 0 aliphatic heterocycles. The molecule has 0 spiro atoms. The molecule has 8 heteroatoms. The standard InChI is InChI=1S/C18H13ClN2O5/c19-14-7-5-12(6-8-14)18-20-16(26-21-18)10-25-17(23)11-24-15-4-2-1-3-13(15)9-22/h1-9H,10-11H2. The number of aromatic nitrogens is 2. The molecular formula is C18H13ClN2O5. The van der Waals surface area contributed by atoms with Crippen molar-refractivity contribution in [1.82, 2.24) is 10.1 Å². The number of ether oxygens (including phenoxy) is 2. The van der Waals surface area contributed by atoms with Crippen LogP contribution in [0, 0.1) is 0 Å². The number of halogens is 1. The number of nitrogens with zero attached hydrogens (tertiary/aromatic N) is 2. The highest BCUT2D eigenvalue weighted by molar-refractivity contribution is 6.30. The van der Waals surface area contributed by atoms with Gasteiger partial charge in [0.05, 0.1) is 5.56 Å². The Labute approximate surface area is 153 Å². The largest absolute Gasteiger partial charge is 0.481 e. The van der Waals surface area contributed by atoms with Crippen LogP contribution in [-0.4, -0.2) is 29.0 Å². The van der Waals surface area contributed by atoms with Crippen LogP contribution in [0.3, 0.4) is 0 Å². The summed E-state index contributed by atoms with van der Waals surface area (Å²) in [7, 11) is 0. The Morgan fingerprint density at radius 3 is 2.69 bits per heavy atom. The number of para-hydroxylation sites is 1. The van der Waals surface area contributed by atoms with E-state index in [2.05, 4.69) is 10.1 Å². The summed E-state index contributed by atoms with van der Waals surface area (Å²) in [5, 5.41) is 4.42. The Balaban J connectivity index is 1.52. The van der Waals surface area contributed by atoms with Crippen LogP contribution in [0.4, 0.5) is 0 Å². The van der Waals surface area contributed by atoms with Crippen LogP contribution in [0.25, 0.3) is 11.4 Å². The molecule has 0 N–H and O–H groups in total. The van der Waals surface area contributed by atoms with Gasteiger partial charge in [0.15, 0.2) is 19.5 Å². The Morgan fingerprint density at radius 2 is 1.92 bits per heavy atom. The van der Waals surface area contributed by atoms with E-state index in [1.165, 1.54) is 0 Å². The smallest absolute Gasteiger partial charge is 0.344 e. The second-order valence-corrected chi connectivity index (χ2v) is 5.56. The molecule has 3 aromatic rings. The van der Waals surface area contributed by atoms with Crippen molar-refractivity contribution in [2.24, 2.45) is 0 Å². The minimum atomic E-state index is -0.628. The van der Waals surface area contributed by atoms with Gasteiger partial charge in [0, 0.05) is 10.6 Å². The molecular weight excluding hydrogens is 360 g/mol. The number of carbonyl (C=O) groups excluding carboxylic acids is 2. The third-order valence-electron chi connectivity index (χ3n) is 3.32. The maximum Gasteiger partial charge on any atom is 0.344 e. The lowest BCUT2D eigenvalue weighted by molar-refractivity contribution is -0.148. The van der Waals surface area contributed by atoms with Gasteiger partial charge in [-0.2, -0.15) is 4.98 Å². The third kappa shape index (κ3) is 4.46. The Morgan fingerprint density at radius 1 is 1.15 bits per heavy atom. The molecule has 132 valence electrons. The Kier molecular flexibility index (Phi) is 5.60. The first-order valence-electron chi connectivity index (χ1n) is 7.57. The number of rotatable bonds is 7. The van der Waals surface area contributed by atoms with Gasteiger partial charge >= 0.3 is 5.97 Å². The van der Waals surface area contributed by atoms with Crippen LogP contribution in [-0.2, 0) is 16.1 Å². The highest BCUT2D eigenvalue weighted by Gasteiger charge is 2.12. The molecule has 0 saturated carbocycles. The first-order chi connectivity index (χ1) is 12.7. The SMILES string of the molecule is O=Cc1ccccc1OCC(=O)OCc1nc(-c2ccc(Cl)cc2)no1. The zero-order chi connectivity index (χ0) is 18.4. The summed E-state index contributed by atoms with van der Waals surface area (Å²) in [6.45, 7) is -0.527. The van der Waals surface area contributed by atoms with Crippen molar-refractivity contribution in [3.8, 4) is 17.1 Å². The van der Waals surface area contributed by atoms with Gasteiger partial charge in [-0.3, -0.25) is 4.79 Å². The van der Waals surface area contributed by atoms with E-state index >= 15 is 0 Å². The lowest BCUT2D eigenvalue weighted by Crippen LogP contribution is -2.15. The van der Waals surface area contributed by atoms with Crippen LogP contribution >= 0.6 is 11.6 Å². The van der Waals surface area contributed by atoms with Gasteiger partial charge in [-0.15, -0.1) is 0 Å². The molecule has 0 bridgehead atoms. The number of carbonyl (C=O) groups is 2. The summed E-state index contributed by atoms with van der Waals surface area (Å²) in [6, 6.07) is 13.5. The van der Waals surface area contributed by atoms with E-state index in [-0.39, 0.29) is 19.1 Å². The summed E-state index contributed by atoms with van der Waals surface area (Å²) in [5.41, 5.74) is 1.08. The Hall–Kier alpha value is -3.19. The third-order valence-corrected chi connectivity index (χ3v) is 3.57. The molecule has 26 heavy (non-hydrogen) atoms. The molecule has 0 saturated heterocycles. The molecule has 2 aromatic carbocycles. The van der Waals surface area contributed by atoms with Gasteiger partial charge in [-0.25, -0.2) is 4.79 Å². The van der Waals surface area contributed by atoms with Crippen molar-refractivity contribution in [2.75, 3.05) is 6.61 Å². The van der Waals surface area contributed by atoms with Crippen molar-refractivity contribution in [2.45, 2.75) is 6.61 Å². The van der Waals surface area contributed by atoms with Crippen molar-refractivity contribution in [3.05, 3.63) is 65.0 Å². The molecule has 0 unspecified atom stereocenters. The lowest BCUT2D eigenvalue weighted by Gasteiger charge is -2.07. The quantitative estimate of drug-likeness (QED) is 0.464. The van der Waals surface area contributed by atoms with Crippen LogP contribution in [0.5, 0.6) is 5.75 Å². The molecule has 0 fully saturated rings. The number of hydrogen-bond donors (Lipinski definition) is 0. The van der Waals surface area contributed by atoms with Crippen molar-refractivity contribution < 1.29 is 23.6 Å². The highest BCUT2D eigenvalue weighted by Crippen LogP contribution is 2.19. The number of hydrogen-bond acceptors (Lipinski definition) is 7. The van der Waals surface area contributed by atoms with Crippen LogP contribution in [0.1, 0.15) is 16.2 Å². The first-order valence-corrected chi connectivity index (χ1v) is 7.94. The minimum absolute atomic E-state index is 0.150. The fourth-order valence-corrected chi connectivity index (χ4v) is 2.19. The van der Waals surface area contributed by atoms with Gasteiger partial charge < -0.3 is 14.0 Å². The van der Waals surface area contributed by atoms with E-state index in [0.29, 0.717) is 28.4 Å². The molecule has 0 aliphatic rings. The normalized spacial score (nSPS) is 10.3. The van der Waals surface area contributed by atoms with E-state index in [4.69, 9.17) is 25.6 Å². The Bertz CT molecular complexity index is 908. The topological polar surface area (TPSA) is 91.5 Å². The zero-order valence-electron chi connectivity index (χ0n) is 13.4. The van der Waals surface area contributed by atoms with E-state index in [0.717, 1.165) is 5.56 Å². The summed E-state index contributed by atoms with van der Waals surface area (Å²) in [4.78, 5) is 26.8. The van der Waals surface area contributed by atoms with Crippen molar-refractivity contribution in [1.29, 1.82) is 0 Å². The maximum atomic E-state index is 11.8. The predicted molar refractivity (Wildman–Crippen MR) is 91.9 cm³/mol. The van der Waals surface area contributed by atoms with Gasteiger partial charge in [0.1, 0.15) is 5.75 Å². The molecule has 7 nitrogen and oxygen atoms in total. The zero-order valence-corrected chi connectivity index (χ0v) is 14.2. The second kappa shape index (κ2) is 8.26. The first kappa shape index (κ1) is 17.6. The number of benzene rings is 2. The monoisotopic (exact) mass is 372 g/mol. The fraction of sp³-hybridized carbons (Fsp3) is 0.111. The molecule has 0 atom stereocenters. The van der Waals surface area contributed by atoms with Crippen LogP contribution in [0.2, 0.25) is 5.02 Å². The molecule has 1 heterocycles. The van der Waals surface area contributed by atoms with Crippen LogP contribution in [0.15, 0.2) is 53.1 Å². The average Bonchev–Trinajstić information content (AvgIpc) is 3.14. The van der Waals surface area contributed by atoms with Crippen molar-refractivity contribution in [3.63, 3.8) is 0 Å². The summed E-state index contributed by atoms with van der Waals surface area (Å²) >= 11 is 5.83. The van der Waals surface area contributed by atoms with Gasteiger partial charge in [-0.05, 0) is 36.4 Å². The highest BCUT2D eigenvalue weighted by atomic mass is 35.5. The molecule has 0 radical (unpaired) electrons. The van der Waals surface area contributed by atoms with E-state index < -0.39 is 5.97 Å². The molecule has 0 aliphatic carbocycles. The van der Waals surface area contributed by atoms with Gasteiger partial charge in [0.25, 0.3) is 5.89 Å². The average molecular weight is 373 g/mol. The fourth-order valence-electron chi connectivity index (χ4n) is 2.06. The van der Waals surface area contributed by atoms with E-state index in [1.54, 1.807) is 48.5 Å².